The molecule has 14 heteroatoms. The van der Waals surface area contributed by atoms with Crippen molar-refractivity contribution in [1.82, 2.24) is 0 Å². The van der Waals surface area contributed by atoms with Crippen LogP contribution in [0.3, 0.4) is 0 Å². The van der Waals surface area contributed by atoms with Crippen LogP contribution in [0.1, 0.15) is 20.3 Å². The van der Waals surface area contributed by atoms with Crippen LogP contribution in [0.25, 0.3) is 0 Å². The molecule has 26 heavy (non-hydrogen) atoms. The summed E-state index contributed by atoms with van der Waals surface area (Å²) >= 11 is 0. The standard InChI is InChI=1S/C12H15F5O8S/c1-4-23-9(19)11(12(15,16)17,25-8(18)7(2)3)24-6-5-10(13,14)26(20,21)22/h2,4-6H2,1,3H3,(H,20,21,22). The highest BCUT2D eigenvalue weighted by Gasteiger charge is 2.68. The molecule has 0 aliphatic heterocycles. The molecular formula is C12H15F5O8S. The lowest BCUT2D eigenvalue weighted by Crippen LogP contribution is -2.58. The first kappa shape index (κ1) is 24.2. The highest BCUT2D eigenvalue weighted by molar-refractivity contribution is 7.86. The molecule has 0 fully saturated rings. The lowest BCUT2D eigenvalue weighted by molar-refractivity contribution is -0.355. The van der Waals surface area contributed by atoms with Crippen molar-refractivity contribution >= 4 is 22.1 Å². The summed E-state index contributed by atoms with van der Waals surface area (Å²) in [5.41, 5.74) is -0.588. The monoisotopic (exact) mass is 414 g/mol. The third-order valence-electron chi connectivity index (χ3n) is 2.58. The number of alkyl halides is 5. The van der Waals surface area contributed by atoms with E-state index in [9.17, 15) is 40.0 Å². The number of hydrogen-bond acceptors (Lipinski definition) is 7. The summed E-state index contributed by atoms with van der Waals surface area (Å²) in [4.78, 5) is 23.1. The van der Waals surface area contributed by atoms with Crippen LogP contribution < -0.4 is 0 Å². The van der Waals surface area contributed by atoms with Crippen molar-refractivity contribution in [1.29, 1.82) is 0 Å². The first-order valence-electron chi connectivity index (χ1n) is 6.63. The molecule has 0 aromatic heterocycles. The quantitative estimate of drug-likeness (QED) is 0.200. The average molecular weight is 414 g/mol. The fourth-order valence-corrected chi connectivity index (χ4v) is 1.61. The van der Waals surface area contributed by atoms with Gasteiger partial charge in [-0.3, -0.25) is 4.55 Å². The van der Waals surface area contributed by atoms with Gasteiger partial charge in [-0.1, -0.05) is 6.58 Å². The number of rotatable bonds is 9. The predicted octanol–water partition coefficient (Wildman–Crippen LogP) is 1.81. The highest BCUT2D eigenvalue weighted by Crippen LogP contribution is 2.38. The van der Waals surface area contributed by atoms with E-state index in [1.54, 1.807) is 0 Å². The van der Waals surface area contributed by atoms with Crippen LogP contribution in [-0.2, 0) is 33.9 Å². The van der Waals surface area contributed by atoms with Gasteiger partial charge in [-0.2, -0.15) is 30.4 Å². The van der Waals surface area contributed by atoms with Gasteiger partial charge in [0.2, 0.25) is 0 Å². The van der Waals surface area contributed by atoms with Gasteiger partial charge in [-0.15, -0.1) is 0 Å². The van der Waals surface area contributed by atoms with Gasteiger partial charge >= 0.3 is 39.3 Å². The minimum atomic E-state index is -5.96. The Kier molecular flexibility index (Phi) is 7.69. The number of esters is 2. The van der Waals surface area contributed by atoms with E-state index in [1.807, 2.05) is 0 Å². The van der Waals surface area contributed by atoms with E-state index in [1.165, 1.54) is 0 Å². The first-order chi connectivity index (χ1) is 11.5. The van der Waals surface area contributed by atoms with Crippen LogP contribution in [0.5, 0.6) is 0 Å². The zero-order valence-electron chi connectivity index (χ0n) is 13.4. The fourth-order valence-electron chi connectivity index (χ4n) is 1.27. The maximum absolute atomic E-state index is 13.3. The molecule has 0 saturated carbocycles. The van der Waals surface area contributed by atoms with Crippen LogP contribution in [0, 0.1) is 0 Å². The summed E-state index contributed by atoms with van der Waals surface area (Å²) < 4.78 is 108. The van der Waals surface area contributed by atoms with Gasteiger partial charge in [0, 0.05) is 5.57 Å². The maximum Gasteiger partial charge on any atom is 0.468 e. The molecule has 8 nitrogen and oxygen atoms in total. The summed E-state index contributed by atoms with van der Waals surface area (Å²) in [5, 5.41) is -4.88. The molecule has 152 valence electrons. The Morgan fingerprint density at radius 2 is 1.65 bits per heavy atom. The van der Waals surface area contributed by atoms with Gasteiger partial charge < -0.3 is 14.2 Å². The van der Waals surface area contributed by atoms with Gasteiger partial charge in [0.1, 0.15) is 0 Å². The Labute approximate surface area is 144 Å². The van der Waals surface area contributed by atoms with Crippen molar-refractivity contribution in [2.75, 3.05) is 13.2 Å². The van der Waals surface area contributed by atoms with Crippen LogP contribution in [0.4, 0.5) is 22.0 Å². The topological polar surface area (TPSA) is 116 Å². The SMILES string of the molecule is C=C(C)C(=O)OC(OCCC(F)(F)S(=O)(=O)O)(C(=O)OCC)C(F)(F)F. The molecule has 0 rings (SSSR count). The van der Waals surface area contributed by atoms with Crippen molar-refractivity contribution in [2.45, 2.75) is 37.5 Å². The Morgan fingerprint density at radius 3 is 2.00 bits per heavy atom. The molecule has 0 heterocycles. The second-order valence-corrected chi connectivity index (χ2v) is 6.26. The minimum Gasteiger partial charge on any atom is -0.461 e. The molecule has 1 unspecified atom stereocenters. The summed E-state index contributed by atoms with van der Waals surface area (Å²) in [7, 11) is -5.96. The Balaban J connectivity index is 5.79. The zero-order chi connectivity index (χ0) is 21.0. The van der Waals surface area contributed by atoms with Crippen LogP contribution in [-0.4, -0.2) is 55.3 Å². The summed E-state index contributed by atoms with van der Waals surface area (Å²) in [6, 6.07) is 0. The third kappa shape index (κ3) is 5.60. The fraction of sp³-hybridized carbons (Fsp3) is 0.667. The van der Waals surface area contributed by atoms with Gasteiger partial charge in [-0.05, 0) is 13.8 Å². The molecule has 0 bridgehead atoms. The van der Waals surface area contributed by atoms with Crippen molar-refractivity contribution in [3.05, 3.63) is 12.2 Å². The normalized spacial score (nSPS) is 15.1. The third-order valence-corrected chi connectivity index (χ3v) is 3.54. The van der Waals surface area contributed by atoms with E-state index >= 15 is 0 Å². The molecule has 1 N–H and O–H groups in total. The van der Waals surface area contributed by atoms with Gasteiger partial charge in [0.05, 0.1) is 19.6 Å². The van der Waals surface area contributed by atoms with E-state index in [-0.39, 0.29) is 0 Å². The Hall–Kier alpha value is -1.80. The molecule has 0 radical (unpaired) electrons. The van der Waals surface area contributed by atoms with E-state index in [4.69, 9.17) is 4.55 Å². The van der Waals surface area contributed by atoms with E-state index in [2.05, 4.69) is 20.8 Å². The van der Waals surface area contributed by atoms with Crippen LogP contribution in [0.15, 0.2) is 12.2 Å². The average Bonchev–Trinajstić information content (AvgIpc) is 2.43. The van der Waals surface area contributed by atoms with Crippen molar-refractivity contribution in [3.8, 4) is 0 Å². The number of carbonyl (C=O) groups excluding carboxylic acids is 2. The molecule has 0 aliphatic carbocycles. The molecule has 0 amide bonds. The first-order valence-corrected chi connectivity index (χ1v) is 8.07. The lowest BCUT2D eigenvalue weighted by Gasteiger charge is -2.32. The van der Waals surface area contributed by atoms with Crippen LogP contribution >= 0.6 is 0 Å². The number of hydrogen-bond donors (Lipinski definition) is 1. The van der Waals surface area contributed by atoms with Crippen molar-refractivity contribution in [2.24, 2.45) is 0 Å². The molecule has 0 spiro atoms. The molecule has 0 saturated heterocycles. The largest absolute Gasteiger partial charge is 0.468 e. The number of halogens is 5. The molecule has 0 aliphatic rings. The maximum atomic E-state index is 13.3. The molecular weight excluding hydrogens is 399 g/mol. The van der Waals surface area contributed by atoms with Gasteiger partial charge in [-0.25, -0.2) is 9.59 Å². The highest BCUT2D eigenvalue weighted by atomic mass is 32.2. The van der Waals surface area contributed by atoms with E-state index < -0.39 is 64.5 Å². The summed E-state index contributed by atoms with van der Waals surface area (Å²) in [5.74, 6) is -8.47. The zero-order valence-corrected chi connectivity index (χ0v) is 14.2. The van der Waals surface area contributed by atoms with Gasteiger partial charge in [0.25, 0.3) is 0 Å². The molecule has 0 aromatic rings. The Bertz CT molecular complexity index is 657. The van der Waals surface area contributed by atoms with Crippen LogP contribution in [0.2, 0.25) is 0 Å². The summed E-state index contributed by atoms with van der Waals surface area (Å²) in [6.07, 6.45) is -7.76. The second kappa shape index (κ2) is 8.26. The van der Waals surface area contributed by atoms with E-state index in [0.717, 1.165) is 13.8 Å². The lowest BCUT2D eigenvalue weighted by atomic mass is 10.2. The molecule has 1 atom stereocenters. The number of ether oxygens (including phenoxy) is 3. The van der Waals surface area contributed by atoms with Crippen molar-refractivity contribution < 1.29 is 58.7 Å². The smallest absolute Gasteiger partial charge is 0.461 e. The Morgan fingerprint density at radius 1 is 1.15 bits per heavy atom. The van der Waals surface area contributed by atoms with E-state index in [0.29, 0.717) is 0 Å². The predicted molar refractivity (Wildman–Crippen MR) is 73.4 cm³/mol. The summed E-state index contributed by atoms with van der Waals surface area (Å²) in [6.45, 7) is 2.66. The van der Waals surface area contributed by atoms with Crippen molar-refractivity contribution in [3.63, 3.8) is 0 Å². The minimum absolute atomic E-state index is 0.588. The van der Waals surface area contributed by atoms with Gasteiger partial charge in [0.15, 0.2) is 0 Å². The number of carbonyl (C=O) groups is 2. The molecule has 0 aromatic carbocycles. The second-order valence-electron chi connectivity index (χ2n) is 4.72.